The van der Waals surface area contributed by atoms with Gasteiger partial charge in [-0.15, -0.1) is 0 Å². The number of rotatable bonds is 3. The largest absolute Gasteiger partial charge is 0.476 e. The maximum Gasteiger partial charge on any atom is 0.358 e. The molecule has 4 saturated carbocycles. The van der Waals surface area contributed by atoms with E-state index in [1.165, 1.54) is 32.1 Å². The van der Waals surface area contributed by atoms with Crippen molar-refractivity contribution < 1.29 is 14.4 Å². The maximum atomic E-state index is 11.3. The van der Waals surface area contributed by atoms with E-state index >= 15 is 0 Å². The number of hydrogen-bond acceptors (Lipinski definition) is 3. The minimum atomic E-state index is -0.958. The Kier molecular flexibility index (Phi) is 2.69. The van der Waals surface area contributed by atoms with Crippen molar-refractivity contribution in [1.29, 1.82) is 0 Å². The van der Waals surface area contributed by atoms with E-state index in [1.807, 2.05) is 6.92 Å². The molecule has 4 bridgehead atoms. The van der Waals surface area contributed by atoms with Gasteiger partial charge in [-0.2, -0.15) is 0 Å². The molecule has 0 spiro atoms. The number of aromatic nitrogens is 1. The van der Waals surface area contributed by atoms with Crippen LogP contribution in [0.5, 0.6) is 0 Å². The van der Waals surface area contributed by atoms with E-state index in [0.717, 1.165) is 35.7 Å². The minimum absolute atomic E-state index is 0.135. The normalized spacial score (nSPS) is 38.4. The summed E-state index contributed by atoms with van der Waals surface area (Å²) in [4.78, 5) is 11.3. The summed E-state index contributed by atoms with van der Waals surface area (Å²) in [7, 11) is 0. The lowest BCUT2D eigenvalue weighted by Gasteiger charge is -2.54. The molecule has 0 radical (unpaired) electrons. The van der Waals surface area contributed by atoms with Crippen LogP contribution in [0.4, 0.5) is 0 Å². The van der Waals surface area contributed by atoms with Gasteiger partial charge in [0.25, 0.3) is 0 Å². The number of nitrogens with zero attached hydrogens (tertiary/aromatic N) is 1. The molecule has 1 N–H and O–H groups in total. The van der Waals surface area contributed by atoms with Gasteiger partial charge < -0.3 is 9.63 Å². The fraction of sp³-hybridized carbons (Fsp3) is 0.750. The number of carboxylic acids is 1. The summed E-state index contributed by atoms with van der Waals surface area (Å²) in [6.45, 7) is 1.84. The Morgan fingerprint density at radius 1 is 1.20 bits per heavy atom. The number of hydrogen-bond donors (Lipinski definition) is 1. The van der Waals surface area contributed by atoms with E-state index in [1.54, 1.807) is 0 Å². The van der Waals surface area contributed by atoms with Crippen LogP contribution in [0, 0.1) is 36.5 Å². The molecular weight excluding hydrogens is 254 g/mol. The molecule has 4 aliphatic rings. The molecule has 0 atom stereocenters. The van der Waals surface area contributed by atoms with Crippen molar-refractivity contribution in [1.82, 2.24) is 5.16 Å². The molecule has 4 fully saturated rings. The standard InChI is InChI=1S/C16H21NO3/c1-8-13(15(16(18)19)17-20-8)7-14-11-3-9-2-10(5-11)6-12(14)4-9/h9-12,14H,2-7H2,1H3,(H,18,19). The SMILES string of the molecule is Cc1onc(C(=O)O)c1CC1C2CC3CC(C2)CC1C3. The predicted molar refractivity (Wildman–Crippen MR) is 72.4 cm³/mol. The van der Waals surface area contributed by atoms with Crippen molar-refractivity contribution in [3.8, 4) is 0 Å². The van der Waals surface area contributed by atoms with Gasteiger partial charge in [0.1, 0.15) is 5.76 Å². The zero-order valence-electron chi connectivity index (χ0n) is 11.8. The molecular formula is C16H21NO3. The Bertz CT molecular complexity index is 520. The molecule has 0 amide bonds. The fourth-order valence-electron chi connectivity index (χ4n) is 5.41. The lowest BCUT2D eigenvalue weighted by atomic mass is 9.51. The summed E-state index contributed by atoms with van der Waals surface area (Å²) >= 11 is 0. The van der Waals surface area contributed by atoms with Gasteiger partial charge in [-0.05, 0) is 75.0 Å². The first-order valence-corrected chi connectivity index (χ1v) is 7.80. The minimum Gasteiger partial charge on any atom is -0.476 e. The Morgan fingerprint density at radius 3 is 2.35 bits per heavy atom. The number of aryl methyl sites for hydroxylation is 1. The number of carboxylic acid groups (broad SMARTS) is 1. The Labute approximate surface area is 118 Å². The number of aromatic carboxylic acids is 1. The highest BCUT2D eigenvalue weighted by atomic mass is 16.5. The summed E-state index contributed by atoms with van der Waals surface area (Å²) in [5, 5.41) is 13.0. The molecule has 4 nitrogen and oxygen atoms in total. The van der Waals surface area contributed by atoms with E-state index in [4.69, 9.17) is 4.52 Å². The van der Waals surface area contributed by atoms with Gasteiger partial charge in [-0.25, -0.2) is 4.79 Å². The molecule has 4 aliphatic carbocycles. The van der Waals surface area contributed by atoms with Crippen LogP contribution < -0.4 is 0 Å². The van der Waals surface area contributed by atoms with E-state index < -0.39 is 5.97 Å². The van der Waals surface area contributed by atoms with Gasteiger partial charge in [0.05, 0.1) is 0 Å². The zero-order valence-corrected chi connectivity index (χ0v) is 11.8. The van der Waals surface area contributed by atoms with E-state index in [2.05, 4.69) is 5.16 Å². The highest BCUT2D eigenvalue weighted by Crippen LogP contribution is 2.57. The summed E-state index contributed by atoms with van der Waals surface area (Å²) in [5.41, 5.74) is 0.978. The van der Waals surface area contributed by atoms with Gasteiger partial charge >= 0.3 is 5.97 Å². The van der Waals surface area contributed by atoms with Gasteiger partial charge in [-0.1, -0.05) is 5.16 Å². The molecule has 4 heteroatoms. The highest BCUT2D eigenvalue weighted by Gasteiger charge is 2.48. The maximum absolute atomic E-state index is 11.3. The van der Waals surface area contributed by atoms with Crippen molar-refractivity contribution in [2.45, 2.75) is 45.4 Å². The average Bonchev–Trinajstić information content (AvgIpc) is 2.74. The van der Waals surface area contributed by atoms with Crippen LogP contribution in [0.15, 0.2) is 4.52 Å². The van der Waals surface area contributed by atoms with Crippen LogP contribution in [0.25, 0.3) is 0 Å². The Morgan fingerprint density at radius 2 is 1.80 bits per heavy atom. The molecule has 0 unspecified atom stereocenters. The van der Waals surface area contributed by atoms with Crippen LogP contribution in [-0.4, -0.2) is 16.2 Å². The van der Waals surface area contributed by atoms with E-state index in [-0.39, 0.29) is 5.69 Å². The van der Waals surface area contributed by atoms with Crippen molar-refractivity contribution in [2.24, 2.45) is 29.6 Å². The quantitative estimate of drug-likeness (QED) is 0.919. The first-order valence-electron chi connectivity index (χ1n) is 7.80. The monoisotopic (exact) mass is 275 g/mol. The van der Waals surface area contributed by atoms with Crippen molar-refractivity contribution in [2.75, 3.05) is 0 Å². The molecule has 1 aromatic rings. The predicted octanol–water partition coefficient (Wildman–Crippen LogP) is 3.30. The molecule has 108 valence electrons. The first-order chi connectivity index (χ1) is 9.61. The Hall–Kier alpha value is -1.32. The highest BCUT2D eigenvalue weighted by molar-refractivity contribution is 5.87. The Balaban J connectivity index is 1.60. The smallest absolute Gasteiger partial charge is 0.358 e. The topological polar surface area (TPSA) is 63.3 Å². The molecule has 20 heavy (non-hydrogen) atoms. The number of carbonyl (C=O) groups is 1. The van der Waals surface area contributed by atoms with Crippen LogP contribution in [-0.2, 0) is 6.42 Å². The van der Waals surface area contributed by atoms with E-state index in [9.17, 15) is 9.90 Å². The van der Waals surface area contributed by atoms with Gasteiger partial charge in [0.2, 0.25) is 0 Å². The van der Waals surface area contributed by atoms with Crippen LogP contribution >= 0.6 is 0 Å². The van der Waals surface area contributed by atoms with Crippen LogP contribution in [0.2, 0.25) is 0 Å². The third-order valence-corrected chi connectivity index (χ3v) is 6.05. The van der Waals surface area contributed by atoms with Gasteiger partial charge in [-0.3, -0.25) is 0 Å². The molecule has 0 aromatic carbocycles. The summed E-state index contributed by atoms with van der Waals surface area (Å²) < 4.78 is 5.12. The van der Waals surface area contributed by atoms with E-state index in [0.29, 0.717) is 11.7 Å². The first kappa shape index (κ1) is 12.4. The second-order valence-corrected chi connectivity index (χ2v) is 7.17. The van der Waals surface area contributed by atoms with Crippen molar-refractivity contribution >= 4 is 5.97 Å². The third-order valence-electron chi connectivity index (χ3n) is 6.05. The molecule has 0 saturated heterocycles. The lowest BCUT2D eigenvalue weighted by Crippen LogP contribution is -2.45. The van der Waals surface area contributed by atoms with Crippen LogP contribution in [0.1, 0.15) is 53.9 Å². The summed E-state index contributed by atoms with van der Waals surface area (Å²) in [6.07, 6.45) is 7.77. The van der Waals surface area contributed by atoms with Gasteiger partial charge in [0.15, 0.2) is 5.69 Å². The lowest BCUT2D eigenvalue weighted by molar-refractivity contribution is -0.0361. The molecule has 0 aliphatic heterocycles. The third kappa shape index (κ3) is 1.80. The van der Waals surface area contributed by atoms with Crippen molar-refractivity contribution in [3.05, 3.63) is 17.0 Å². The molecule has 1 heterocycles. The fourth-order valence-corrected chi connectivity index (χ4v) is 5.41. The zero-order chi connectivity index (χ0) is 13.9. The molecule has 1 aromatic heterocycles. The van der Waals surface area contributed by atoms with Crippen LogP contribution in [0.3, 0.4) is 0 Å². The van der Waals surface area contributed by atoms with Crippen molar-refractivity contribution in [3.63, 3.8) is 0 Å². The molecule has 5 rings (SSSR count). The second-order valence-electron chi connectivity index (χ2n) is 7.17. The summed E-state index contributed by atoms with van der Waals surface area (Å²) in [6, 6.07) is 0. The van der Waals surface area contributed by atoms with Gasteiger partial charge in [0, 0.05) is 5.56 Å². The summed E-state index contributed by atoms with van der Waals surface area (Å²) in [5.74, 6) is 3.91. The average molecular weight is 275 g/mol. The second kappa shape index (κ2) is 4.34.